The summed E-state index contributed by atoms with van der Waals surface area (Å²) in [6.07, 6.45) is 3.12. The highest BCUT2D eigenvalue weighted by Gasteiger charge is 2.00. The summed E-state index contributed by atoms with van der Waals surface area (Å²) in [6.45, 7) is 0. The minimum atomic E-state index is 0.193. The van der Waals surface area contributed by atoms with E-state index in [0.29, 0.717) is 15.7 Å². The van der Waals surface area contributed by atoms with Crippen molar-refractivity contribution < 1.29 is 0 Å². The number of benzene rings is 1. The van der Waals surface area contributed by atoms with Crippen molar-refractivity contribution in [3.05, 3.63) is 51.8 Å². The Labute approximate surface area is 98.1 Å². The molecule has 0 saturated carbocycles. The van der Waals surface area contributed by atoms with Crippen LogP contribution in [-0.2, 0) is 0 Å². The van der Waals surface area contributed by atoms with Gasteiger partial charge < -0.3 is 17.2 Å². The third-order valence-electron chi connectivity index (χ3n) is 1.71. The normalized spacial score (nSPS) is 11.2. The van der Waals surface area contributed by atoms with Crippen LogP contribution in [-0.4, -0.2) is 0 Å². The summed E-state index contributed by atoms with van der Waals surface area (Å²) in [7, 11) is 0. The molecule has 0 unspecified atom stereocenters. The quantitative estimate of drug-likeness (QED) is 0.696. The summed E-state index contributed by atoms with van der Waals surface area (Å²) in [5.74, 6) is 0.193. The Balaban J connectivity index is 3.02. The van der Waals surface area contributed by atoms with Crippen molar-refractivity contribution in [1.82, 2.24) is 0 Å². The lowest BCUT2D eigenvalue weighted by molar-refractivity contribution is 1.25. The molecule has 0 aliphatic carbocycles. The van der Waals surface area contributed by atoms with Crippen LogP contribution >= 0.6 is 23.2 Å². The lowest BCUT2D eigenvalue weighted by atomic mass is 10.1. The summed E-state index contributed by atoms with van der Waals surface area (Å²) >= 11 is 11.6. The number of nitrogens with two attached hydrogens (primary N) is 3. The topological polar surface area (TPSA) is 78.1 Å². The van der Waals surface area contributed by atoms with E-state index in [1.165, 1.54) is 6.08 Å². The monoisotopic (exact) mass is 243 g/mol. The van der Waals surface area contributed by atoms with Crippen molar-refractivity contribution in [3.8, 4) is 0 Å². The van der Waals surface area contributed by atoms with Crippen LogP contribution in [0.3, 0.4) is 0 Å². The molecule has 0 spiro atoms. The Morgan fingerprint density at radius 3 is 2.20 bits per heavy atom. The smallest absolute Gasteiger partial charge is 0.0934 e. The van der Waals surface area contributed by atoms with Crippen molar-refractivity contribution >= 4 is 28.9 Å². The number of allylic oxidation sites excluding steroid dienone is 2. The first-order valence-electron chi connectivity index (χ1n) is 4.14. The maximum Gasteiger partial charge on any atom is 0.0934 e. The van der Waals surface area contributed by atoms with Crippen LogP contribution in [0, 0.1) is 0 Å². The van der Waals surface area contributed by atoms with Crippen LogP contribution in [0.5, 0.6) is 0 Å². The maximum absolute atomic E-state index is 5.84. The molecule has 1 aromatic carbocycles. The average Bonchev–Trinajstić information content (AvgIpc) is 2.18. The molecule has 6 N–H and O–H groups in total. The van der Waals surface area contributed by atoms with Crippen LogP contribution in [0.15, 0.2) is 36.2 Å². The van der Waals surface area contributed by atoms with Gasteiger partial charge in [-0.05, 0) is 29.8 Å². The molecule has 0 aromatic heterocycles. The molecule has 15 heavy (non-hydrogen) atoms. The van der Waals surface area contributed by atoms with Gasteiger partial charge in [0, 0.05) is 5.70 Å². The zero-order valence-corrected chi connectivity index (χ0v) is 9.39. The lowest BCUT2D eigenvalue weighted by Crippen LogP contribution is -2.07. The fraction of sp³-hybridized carbons (Fsp3) is 0. The fourth-order valence-electron chi connectivity index (χ4n) is 0.958. The fourth-order valence-corrected chi connectivity index (χ4v) is 1.26. The first-order valence-corrected chi connectivity index (χ1v) is 4.90. The minimum Gasteiger partial charge on any atom is -0.398 e. The van der Waals surface area contributed by atoms with E-state index < -0.39 is 0 Å². The first-order chi connectivity index (χ1) is 7.00. The van der Waals surface area contributed by atoms with Gasteiger partial charge >= 0.3 is 0 Å². The molecule has 1 rings (SSSR count). The van der Waals surface area contributed by atoms with Gasteiger partial charge in [-0.2, -0.15) is 0 Å². The van der Waals surface area contributed by atoms with E-state index in [4.69, 9.17) is 40.4 Å². The van der Waals surface area contributed by atoms with Gasteiger partial charge in [-0.15, -0.1) is 0 Å². The molecule has 80 valence electrons. The second kappa shape index (κ2) is 4.96. The molecule has 0 amide bonds. The first kappa shape index (κ1) is 11.8. The number of rotatable bonds is 2. The van der Waals surface area contributed by atoms with E-state index in [1.807, 2.05) is 0 Å². The predicted molar refractivity (Wildman–Crippen MR) is 65.1 cm³/mol. The van der Waals surface area contributed by atoms with E-state index >= 15 is 0 Å². The van der Waals surface area contributed by atoms with E-state index in [-0.39, 0.29) is 5.82 Å². The van der Waals surface area contributed by atoms with Crippen LogP contribution in [0.2, 0.25) is 10.0 Å². The van der Waals surface area contributed by atoms with E-state index in [0.717, 1.165) is 5.56 Å². The highest BCUT2D eigenvalue weighted by Crippen LogP contribution is 2.24. The second-order valence-corrected chi connectivity index (χ2v) is 3.73. The van der Waals surface area contributed by atoms with Gasteiger partial charge in [0.1, 0.15) is 0 Å². The molecule has 0 radical (unpaired) electrons. The largest absolute Gasteiger partial charge is 0.398 e. The van der Waals surface area contributed by atoms with Gasteiger partial charge in [0.05, 0.1) is 15.9 Å². The van der Waals surface area contributed by atoms with Gasteiger partial charge in [-0.1, -0.05) is 29.3 Å². The summed E-state index contributed by atoms with van der Waals surface area (Å²) in [5, 5.41) is 0.942. The van der Waals surface area contributed by atoms with Crippen LogP contribution in [0.1, 0.15) is 5.56 Å². The van der Waals surface area contributed by atoms with Gasteiger partial charge in [-0.25, -0.2) is 0 Å². The Morgan fingerprint density at radius 2 is 1.67 bits per heavy atom. The molecular formula is C10H11Cl2N3. The van der Waals surface area contributed by atoms with Gasteiger partial charge in [0.2, 0.25) is 0 Å². The predicted octanol–water partition coefficient (Wildman–Crippen LogP) is 2.05. The standard InChI is InChI=1S/C10H11Cl2N3/c11-7-2-1-6(5-8(7)12)9(13)3-4-10(14)15/h1-5H,13-15H2/b9-3-. The summed E-state index contributed by atoms with van der Waals surface area (Å²) in [6, 6.07) is 5.12. The van der Waals surface area contributed by atoms with Gasteiger partial charge in [-0.3, -0.25) is 0 Å². The Kier molecular flexibility index (Phi) is 3.88. The number of halogens is 2. The number of hydrogen-bond donors (Lipinski definition) is 3. The minimum absolute atomic E-state index is 0.193. The molecule has 3 nitrogen and oxygen atoms in total. The molecule has 0 bridgehead atoms. The average molecular weight is 244 g/mol. The summed E-state index contributed by atoms with van der Waals surface area (Å²) in [4.78, 5) is 0. The zero-order chi connectivity index (χ0) is 11.4. The molecule has 5 heteroatoms. The zero-order valence-electron chi connectivity index (χ0n) is 7.87. The van der Waals surface area contributed by atoms with Gasteiger partial charge in [0.15, 0.2) is 0 Å². The number of hydrogen-bond acceptors (Lipinski definition) is 3. The highest BCUT2D eigenvalue weighted by atomic mass is 35.5. The summed E-state index contributed by atoms with van der Waals surface area (Å²) < 4.78 is 0. The Bertz CT molecular complexity index is 421. The molecule has 0 saturated heterocycles. The Hall–Kier alpha value is -1.32. The molecular weight excluding hydrogens is 233 g/mol. The maximum atomic E-state index is 5.84. The van der Waals surface area contributed by atoms with Crippen molar-refractivity contribution in [3.63, 3.8) is 0 Å². The second-order valence-electron chi connectivity index (χ2n) is 2.92. The SMILES string of the molecule is NC(N)=C/C=C(\N)c1ccc(Cl)c(Cl)c1. The Morgan fingerprint density at radius 1 is 1.00 bits per heavy atom. The van der Waals surface area contributed by atoms with Gasteiger partial charge in [0.25, 0.3) is 0 Å². The van der Waals surface area contributed by atoms with Crippen molar-refractivity contribution in [2.45, 2.75) is 0 Å². The van der Waals surface area contributed by atoms with E-state index in [2.05, 4.69) is 0 Å². The van der Waals surface area contributed by atoms with Crippen molar-refractivity contribution in [1.29, 1.82) is 0 Å². The van der Waals surface area contributed by atoms with Crippen LogP contribution in [0.4, 0.5) is 0 Å². The van der Waals surface area contributed by atoms with Crippen LogP contribution < -0.4 is 17.2 Å². The molecule has 1 aromatic rings. The van der Waals surface area contributed by atoms with Crippen LogP contribution in [0.25, 0.3) is 5.70 Å². The summed E-state index contributed by atoms with van der Waals surface area (Å²) in [5.41, 5.74) is 17.6. The van der Waals surface area contributed by atoms with Crippen molar-refractivity contribution in [2.24, 2.45) is 17.2 Å². The molecule has 0 atom stereocenters. The molecule has 0 fully saturated rings. The third-order valence-corrected chi connectivity index (χ3v) is 2.45. The molecule has 0 aliphatic rings. The third kappa shape index (κ3) is 3.38. The van der Waals surface area contributed by atoms with E-state index in [1.54, 1.807) is 24.3 Å². The van der Waals surface area contributed by atoms with Crippen molar-refractivity contribution in [2.75, 3.05) is 0 Å². The molecule has 0 aliphatic heterocycles. The van der Waals surface area contributed by atoms with E-state index in [9.17, 15) is 0 Å². The molecule has 0 heterocycles. The highest BCUT2D eigenvalue weighted by molar-refractivity contribution is 6.42. The lowest BCUT2D eigenvalue weighted by Gasteiger charge is -2.02.